The van der Waals surface area contributed by atoms with Gasteiger partial charge < -0.3 is 15.6 Å². The zero-order chi connectivity index (χ0) is 13.0. The van der Waals surface area contributed by atoms with E-state index in [9.17, 15) is 9.59 Å². The Morgan fingerprint density at radius 3 is 2.72 bits per heavy atom. The predicted molar refractivity (Wildman–Crippen MR) is 78.1 cm³/mol. The van der Waals surface area contributed by atoms with Crippen LogP contribution in [0.2, 0.25) is 0 Å². The number of carbonyl (C=O) groups is 1. The van der Waals surface area contributed by atoms with E-state index in [2.05, 4.69) is 21.2 Å². The van der Waals surface area contributed by atoms with Gasteiger partial charge in [-0.25, -0.2) is 0 Å². The molecule has 1 aromatic rings. The molecule has 18 heavy (non-hydrogen) atoms. The van der Waals surface area contributed by atoms with Crippen molar-refractivity contribution in [3.63, 3.8) is 0 Å². The lowest BCUT2D eigenvalue weighted by Gasteiger charge is -2.08. The lowest BCUT2D eigenvalue weighted by Crippen LogP contribution is -2.21. The third-order valence-electron chi connectivity index (χ3n) is 2.25. The summed E-state index contributed by atoms with van der Waals surface area (Å²) in [6, 6.07) is 1.60. The smallest absolute Gasteiger partial charge is 0.264 e. The molecule has 7 heteroatoms. The number of hydrogen-bond donors (Lipinski definition) is 2. The lowest BCUT2D eigenvalue weighted by atomic mass is 10.2. The molecule has 0 saturated carbocycles. The number of aryl methyl sites for hydroxylation is 1. The Morgan fingerprint density at radius 1 is 1.61 bits per heavy atom. The molecular weight excluding hydrogens is 321 g/mol. The number of carbonyl (C=O) groups excluding carboxylic acids is 1. The number of nitrogens with zero attached hydrogens (tertiary/aromatic N) is 1. The van der Waals surface area contributed by atoms with Gasteiger partial charge in [0.25, 0.3) is 5.56 Å². The molecule has 1 aromatic heterocycles. The zero-order valence-corrected chi connectivity index (χ0v) is 12.7. The number of halogens is 2. The van der Waals surface area contributed by atoms with Crippen LogP contribution in [-0.4, -0.2) is 16.5 Å². The summed E-state index contributed by atoms with van der Waals surface area (Å²) in [5.41, 5.74) is 6.02. The molecule has 0 spiro atoms. The Kier molecular flexibility index (Phi) is 7.20. The third-order valence-corrected chi connectivity index (χ3v) is 2.82. The summed E-state index contributed by atoms with van der Waals surface area (Å²) in [4.78, 5) is 23.0. The van der Waals surface area contributed by atoms with Gasteiger partial charge in [-0.05, 0) is 35.3 Å². The van der Waals surface area contributed by atoms with Gasteiger partial charge in [-0.15, -0.1) is 12.4 Å². The van der Waals surface area contributed by atoms with E-state index in [-0.39, 0.29) is 29.9 Å². The lowest BCUT2D eigenvalue weighted by molar-refractivity contribution is -0.116. The largest absolute Gasteiger partial charge is 0.328 e. The monoisotopic (exact) mass is 337 g/mol. The summed E-state index contributed by atoms with van der Waals surface area (Å²) in [6.07, 6.45) is 2.59. The Hall–Kier alpha value is -0.850. The Bertz CT molecular complexity index is 448. The minimum atomic E-state index is -0.140. The molecule has 1 amide bonds. The van der Waals surface area contributed by atoms with Gasteiger partial charge in [0.2, 0.25) is 5.91 Å². The molecule has 3 N–H and O–H groups in total. The molecule has 0 aromatic carbocycles. The summed E-state index contributed by atoms with van der Waals surface area (Å²) < 4.78 is 1.83. The number of rotatable bonds is 4. The topological polar surface area (TPSA) is 77.1 Å². The molecule has 102 valence electrons. The van der Waals surface area contributed by atoms with Crippen LogP contribution in [0.3, 0.4) is 0 Å². The number of anilines is 1. The summed E-state index contributed by atoms with van der Waals surface area (Å²) in [5, 5.41) is 2.72. The van der Waals surface area contributed by atoms with Crippen molar-refractivity contribution in [3.8, 4) is 0 Å². The van der Waals surface area contributed by atoms with Crippen LogP contribution in [0.15, 0.2) is 21.5 Å². The zero-order valence-electron chi connectivity index (χ0n) is 10.3. The van der Waals surface area contributed by atoms with Gasteiger partial charge in [0.15, 0.2) is 0 Å². The normalized spacial score (nSPS) is 11.6. The fourth-order valence-corrected chi connectivity index (χ4v) is 1.85. The number of nitrogens with one attached hydrogen (secondary N) is 1. The summed E-state index contributed by atoms with van der Waals surface area (Å²) in [5.74, 6) is -0.104. The van der Waals surface area contributed by atoms with E-state index in [0.717, 1.165) is 0 Å². The molecule has 0 aliphatic heterocycles. The third kappa shape index (κ3) is 5.20. The fraction of sp³-hybridized carbons (Fsp3) is 0.455. The van der Waals surface area contributed by atoms with E-state index in [4.69, 9.17) is 5.73 Å². The fourth-order valence-electron chi connectivity index (χ4n) is 1.32. The molecule has 1 unspecified atom stereocenters. The Morgan fingerprint density at radius 2 is 2.22 bits per heavy atom. The molecule has 1 atom stereocenters. The van der Waals surface area contributed by atoms with Crippen molar-refractivity contribution in [1.29, 1.82) is 0 Å². The van der Waals surface area contributed by atoms with E-state index in [0.29, 0.717) is 23.0 Å². The Labute approximate surface area is 120 Å². The molecule has 1 heterocycles. The molecule has 1 rings (SSSR count). The average molecular weight is 339 g/mol. The molecular formula is C11H17BrClN3O2. The maximum absolute atomic E-state index is 11.6. The highest BCUT2D eigenvalue weighted by Crippen LogP contribution is 2.12. The first-order chi connectivity index (χ1) is 7.90. The van der Waals surface area contributed by atoms with Crippen molar-refractivity contribution in [1.82, 2.24) is 4.57 Å². The highest BCUT2D eigenvalue weighted by atomic mass is 79.9. The molecule has 0 bridgehead atoms. The van der Waals surface area contributed by atoms with E-state index in [1.165, 1.54) is 4.57 Å². The maximum atomic E-state index is 11.6. The second-order valence-corrected chi connectivity index (χ2v) is 4.91. The minimum Gasteiger partial charge on any atom is -0.328 e. The van der Waals surface area contributed by atoms with E-state index < -0.39 is 0 Å². The first-order valence-corrected chi connectivity index (χ1v) is 6.11. The summed E-state index contributed by atoms with van der Waals surface area (Å²) in [6.45, 7) is 1.86. The maximum Gasteiger partial charge on any atom is 0.264 e. The van der Waals surface area contributed by atoms with Crippen LogP contribution in [0.25, 0.3) is 0 Å². The highest BCUT2D eigenvalue weighted by molar-refractivity contribution is 9.10. The molecule has 0 saturated heterocycles. The van der Waals surface area contributed by atoms with Gasteiger partial charge in [-0.2, -0.15) is 0 Å². The first-order valence-electron chi connectivity index (χ1n) is 5.31. The van der Waals surface area contributed by atoms with Gasteiger partial charge in [0.05, 0.1) is 10.2 Å². The molecule has 5 nitrogen and oxygen atoms in total. The van der Waals surface area contributed by atoms with Gasteiger partial charge >= 0.3 is 0 Å². The second-order valence-electron chi connectivity index (χ2n) is 4.06. The van der Waals surface area contributed by atoms with Crippen LogP contribution in [0.1, 0.15) is 19.8 Å². The van der Waals surface area contributed by atoms with E-state index >= 15 is 0 Å². The highest BCUT2D eigenvalue weighted by Gasteiger charge is 2.06. The average Bonchev–Trinajstić information content (AvgIpc) is 2.23. The van der Waals surface area contributed by atoms with E-state index in [1.54, 1.807) is 19.3 Å². The summed E-state index contributed by atoms with van der Waals surface area (Å²) >= 11 is 3.14. The van der Waals surface area contributed by atoms with Crippen molar-refractivity contribution >= 4 is 39.9 Å². The number of nitrogens with two attached hydrogens (primary N) is 1. The summed E-state index contributed by atoms with van der Waals surface area (Å²) in [7, 11) is 1.63. The molecule has 0 radical (unpaired) electrons. The van der Waals surface area contributed by atoms with Crippen molar-refractivity contribution in [3.05, 3.63) is 27.1 Å². The molecule has 0 aliphatic rings. The van der Waals surface area contributed by atoms with Gasteiger partial charge in [-0.1, -0.05) is 0 Å². The van der Waals surface area contributed by atoms with Crippen molar-refractivity contribution in [2.24, 2.45) is 12.8 Å². The quantitative estimate of drug-likeness (QED) is 0.876. The Balaban J connectivity index is 0.00000289. The van der Waals surface area contributed by atoms with Gasteiger partial charge in [0, 0.05) is 25.7 Å². The number of amides is 1. The van der Waals surface area contributed by atoms with Crippen LogP contribution >= 0.6 is 28.3 Å². The van der Waals surface area contributed by atoms with Crippen LogP contribution in [0, 0.1) is 0 Å². The first kappa shape index (κ1) is 17.2. The standard InChI is InChI=1S/C11H16BrN3O2.ClH/c1-7(13)3-4-10(16)14-8-5-9(12)11(17)15(2)6-8;/h5-7H,3-4,13H2,1-2H3,(H,14,16);1H. The van der Waals surface area contributed by atoms with Crippen LogP contribution in [-0.2, 0) is 11.8 Å². The van der Waals surface area contributed by atoms with E-state index in [1.807, 2.05) is 6.92 Å². The second kappa shape index (κ2) is 7.56. The number of hydrogen-bond acceptors (Lipinski definition) is 3. The van der Waals surface area contributed by atoms with Gasteiger partial charge in [0.1, 0.15) is 0 Å². The number of aromatic nitrogens is 1. The van der Waals surface area contributed by atoms with Crippen molar-refractivity contribution < 1.29 is 4.79 Å². The van der Waals surface area contributed by atoms with Gasteiger partial charge in [-0.3, -0.25) is 9.59 Å². The molecule has 0 fully saturated rings. The van der Waals surface area contributed by atoms with Crippen molar-refractivity contribution in [2.75, 3.05) is 5.32 Å². The van der Waals surface area contributed by atoms with Crippen LogP contribution < -0.4 is 16.6 Å². The van der Waals surface area contributed by atoms with Crippen LogP contribution in [0.5, 0.6) is 0 Å². The number of pyridine rings is 1. The molecule has 0 aliphatic carbocycles. The van der Waals surface area contributed by atoms with Crippen LogP contribution in [0.4, 0.5) is 5.69 Å². The minimum absolute atomic E-state index is 0. The van der Waals surface area contributed by atoms with Crippen molar-refractivity contribution in [2.45, 2.75) is 25.8 Å². The predicted octanol–water partition coefficient (Wildman–Crippen LogP) is 1.64. The SMILES string of the molecule is CC(N)CCC(=O)Nc1cc(Br)c(=O)n(C)c1.Cl.